The number of anilines is 1. The van der Waals surface area contributed by atoms with Gasteiger partial charge in [-0.2, -0.15) is 0 Å². The molecule has 0 radical (unpaired) electrons. The van der Waals surface area contributed by atoms with E-state index in [2.05, 4.69) is 4.98 Å². The molecule has 1 aromatic carbocycles. The summed E-state index contributed by atoms with van der Waals surface area (Å²) < 4.78 is 13.9. The van der Waals surface area contributed by atoms with Gasteiger partial charge in [0.15, 0.2) is 0 Å². The zero-order valence-electron chi connectivity index (χ0n) is 14.1. The molecule has 3 aromatic rings. The number of amides is 1. The van der Waals surface area contributed by atoms with Crippen molar-refractivity contribution in [3.63, 3.8) is 0 Å². The Morgan fingerprint density at radius 3 is 2.62 bits per heavy atom. The number of rotatable bonds is 4. The van der Waals surface area contributed by atoms with Gasteiger partial charge in [0.2, 0.25) is 5.91 Å². The van der Waals surface area contributed by atoms with Crippen LogP contribution in [0.3, 0.4) is 0 Å². The molecule has 1 saturated heterocycles. The van der Waals surface area contributed by atoms with Gasteiger partial charge in [0.05, 0.1) is 28.2 Å². The zero-order valence-corrected chi connectivity index (χ0v) is 15.7. The second-order valence-electron chi connectivity index (χ2n) is 6.10. The van der Waals surface area contributed by atoms with E-state index in [4.69, 9.17) is 0 Å². The van der Waals surface area contributed by atoms with E-state index in [-0.39, 0.29) is 11.7 Å². The van der Waals surface area contributed by atoms with Gasteiger partial charge in [-0.3, -0.25) is 4.79 Å². The van der Waals surface area contributed by atoms with Crippen molar-refractivity contribution in [2.45, 2.75) is 6.42 Å². The van der Waals surface area contributed by atoms with Gasteiger partial charge in [0.25, 0.3) is 0 Å². The van der Waals surface area contributed by atoms with E-state index < -0.39 is 0 Å². The van der Waals surface area contributed by atoms with Crippen molar-refractivity contribution in [1.82, 2.24) is 9.88 Å². The molecule has 0 N–H and O–H groups in total. The fraction of sp³-hybridized carbons (Fsp3) is 0.263. The summed E-state index contributed by atoms with van der Waals surface area (Å²) in [6, 6.07) is 10.8. The maximum Gasteiger partial charge on any atom is 0.228 e. The number of halogens is 1. The maximum atomic E-state index is 13.9. The van der Waals surface area contributed by atoms with Crippen LogP contribution in [-0.2, 0) is 11.2 Å². The summed E-state index contributed by atoms with van der Waals surface area (Å²) in [4.78, 5) is 23.1. The summed E-state index contributed by atoms with van der Waals surface area (Å²) in [6.07, 6.45) is 0.373. The molecule has 3 heterocycles. The molecule has 0 spiro atoms. The minimum atomic E-state index is -0.211. The average Bonchev–Trinajstić information content (AvgIpc) is 3.33. The van der Waals surface area contributed by atoms with Crippen molar-refractivity contribution in [2.75, 3.05) is 31.1 Å². The lowest BCUT2D eigenvalue weighted by atomic mass is 10.2. The highest BCUT2D eigenvalue weighted by atomic mass is 32.1. The molecule has 0 atom stereocenters. The second kappa shape index (κ2) is 7.55. The van der Waals surface area contributed by atoms with Crippen molar-refractivity contribution in [3.05, 3.63) is 58.0 Å². The highest BCUT2D eigenvalue weighted by Gasteiger charge is 2.24. The first-order chi connectivity index (χ1) is 12.7. The highest BCUT2D eigenvalue weighted by Crippen LogP contribution is 2.30. The maximum absolute atomic E-state index is 13.9. The van der Waals surface area contributed by atoms with Gasteiger partial charge in [0, 0.05) is 31.1 Å². The Morgan fingerprint density at radius 1 is 1.08 bits per heavy atom. The molecule has 2 aromatic heterocycles. The zero-order chi connectivity index (χ0) is 17.9. The Labute approximate surface area is 159 Å². The van der Waals surface area contributed by atoms with E-state index in [0.29, 0.717) is 38.3 Å². The van der Waals surface area contributed by atoms with Crippen LogP contribution in [-0.4, -0.2) is 42.0 Å². The van der Waals surface area contributed by atoms with Crippen LogP contribution in [0, 0.1) is 5.82 Å². The molecule has 1 amide bonds. The summed E-state index contributed by atoms with van der Waals surface area (Å²) in [5.74, 6) is -0.0993. The van der Waals surface area contributed by atoms with Crippen LogP contribution in [0.1, 0.15) is 4.88 Å². The van der Waals surface area contributed by atoms with Gasteiger partial charge >= 0.3 is 0 Å². The normalized spacial score (nSPS) is 14.7. The smallest absolute Gasteiger partial charge is 0.228 e. The number of piperazine rings is 1. The molecule has 0 bridgehead atoms. The van der Waals surface area contributed by atoms with Crippen LogP contribution in [0.15, 0.2) is 47.3 Å². The molecule has 7 heteroatoms. The summed E-state index contributed by atoms with van der Waals surface area (Å²) in [5.41, 5.74) is 3.33. The van der Waals surface area contributed by atoms with Gasteiger partial charge in [-0.1, -0.05) is 18.2 Å². The third kappa shape index (κ3) is 3.50. The predicted octanol–water partition coefficient (Wildman–Crippen LogP) is 3.90. The summed E-state index contributed by atoms with van der Waals surface area (Å²) in [7, 11) is 0. The minimum absolute atomic E-state index is 0.111. The molecule has 1 aliphatic heterocycles. The molecule has 4 nitrogen and oxygen atoms in total. The molecule has 1 aliphatic rings. The topological polar surface area (TPSA) is 36.4 Å². The fourth-order valence-corrected chi connectivity index (χ4v) is 4.74. The third-order valence-corrected chi connectivity index (χ3v) is 6.24. The molecular formula is C19H18FN3OS2. The van der Waals surface area contributed by atoms with Gasteiger partial charge in [0.1, 0.15) is 5.82 Å². The SMILES string of the molecule is O=C(Cc1scnc1-c1cccs1)N1CCN(c2ccccc2F)CC1. The second-order valence-corrected chi connectivity index (χ2v) is 7.98. The van der Waals surface area contributed by atoms with Crippen molar-refractivity contribution in [3.8, 4) is 10.6 Å². The van der Waals surface area contributed by atoms with Gasteiger partial charge in [-0.15, -0.1) is 22.7 Å². The van der Waals surface area contributed by atoms with Crippen molar-refractivity contribution in [2.24, 2.45) is 0 Å². The van der Waals surface area contributed by atoms with Crippen LogP contribution < -0.4 is 4.90 Å². The third-order valence-electron chi connectivity index (χ3n) is 4.53. The number of aromatic nitrogens is 1. The number of para-hydroxylation sites is 1. The minimum Gasteiger partial charge on any atom is -0.366 e. The number of benzene rings is 1. The monoisotopic (exact) mass is 387 g/mol. The fourth-order valence-electron chi connectivity index (χ4n) is 3.16. The van der Waals surface area contributed by atoms with Crippen molar-refractivity contribution in [1.29, 1.82) is 0 Å². The molecule has 1 fully saturated rings. The Bertz CT molecular complexity index is 886. The Kier molecular flexibility index (Phi) is 4.99. The number of thiophene rings is 1. The lowest BCUT2D eigenvalue weighted by molar-refractivity contribution is -0.130. The summed E-state index contributed by atoms with van der Waals surface area (Å²) in [5, 5.41) is 2.02. The van der Waals surface area contributed by atoms with E-state index in [1.54, 1.807) is 29.0 Å². The van der Waals surface area contributed by atoms with Crippen LogP contribution in [0.5, 0.6) is 0 Å². The first-order valence-electron chi connectivity index (χ1n) is 8.46. The van der Waals surface area contributed by atoms with Gasteiger partial charge in [-0.25, -0.2) is 9.37 Å². The number of nitrogens with zero attached hydrogens (tertiary/aromatic N) is 3. The van der Waals surface area contributed by atoms with Crippen LogP contribution in [0.25, 0.3) is 10.6 Å². The lowest BCUT2D eigenvalue weighted by Crippen LogP contribution is -2.49. The summed E-state index contributed by atoms with van der Waals surface area (Å²) in [6.45, 7) is 2.51. The van der Waals surface area contributed by atoms with Gasteiger partial charge < -0.3 is 9.80 Å². The molecule has 0 unspecified atom stereocenters. The molecule has 0 aliphatic carbocycles. The Morgan fingerprint density at radius 2 is 1.88 bits per heavy atom. The van der Waals surface area contributed by atoms with Crippen molar-refractivity contribution >= 4 is 34.3 Å². The first kappa shape index (κ1) is 17.2. The molecule has 4 rings (SSSR count). The van der Waals surface area contributed by atoms with Crippen LogP contribution in [0.2, 0.25) is 0 Å². The van der Waals surface area contributed by atoms with Crippen LogP contribution >= 0.6 is 22.7 Å². The molecule has 134 valence electrons. The number of hydrogen-bond donors (Lipinski definition) is 0. The van der Waals surface area contributed by atoms with E-state index in [1.165, 1.54) is 17.4 Å². The first-order valence-corrected chi connectivity index (χ1v) is 10.2. The van der Waals surface area contributed by atoms with E-state index in [9.17, 15) is 9.18 Å². The standard InChI is InChI=1S/C19H18FN3OS2/c20-14-4-1-2-5-15(14)22-7-9-23(10-8-22)18(24)12-17-19(21-13-26-17)16-6-3-11-25-16/h1-6,11,13H,7-10,12H2. The quantitative estimate of drug-likeness (QED) is 0.681. The predicted molar refractivity (Wildman–Crippen MR) is 104 cm³/mol. The largest absolute Gasteiger partial charge is 0.366 e. The van der Waals surface area contributed by atoms with Gasteiger partial charge in [-0.05, 0) is 23.6 Å². The van der Waals surface area contributed by atoms with Crippen LogP contribution in [0.4, 0.5) is 10.1 Å². The van der Waals surface area contributed by atoms with Crippen molar-refractivity contribution < 1.29 is 9.18 Å². The number of carbonyl (C=O) groups excluding carboxylic acids is 1. The average molecular weight is 388 g/mol. The number of hydrogen-bond acceptors (Lipinski definition) is 5. The molecule has 26 heavy (non-hydrogen) atoms. The van der Waals surface area contributed by atoms with E-state index in [0.717, 1.165) is 15.4 Å². The Balaban J connectivity index is 1.39. The van der Waals surface area contributed by atoms with E-state index in [1.807, 2.05) is 33.4 Å². The highest BCUT2D eigenvalue weighted by molar-refractivity contribution is 7.14. The van der Waals surface area contributed by atoms with E-state index >= 15 is 0 Å². The number of carbonyl (C=O) groups is 1. The molecule has 0 saturated carbocycles. The molecular weight excluding hydrogens is 369 g/mol. The number of thiazole rings is 1. The Hall–Kier alpha value is -2.25. The summed E-state index contributed by atoms with van der Waals surface area (Å²) >= 11 is 3.16. The lowest BCUT2D eigenvalue weighted by Gasteiger charge is -2.36.